The zero-order valence-corrected chi connectivity index (χ0v) is 19.0. The number of pyridine rings is 1. The summed E-state index contributed by atoms with van der Waals surface area (Å²) in [6.07, 6.45) is 3.07. The molecule has 1 saturated heterocycles. The summed E-state index contributed by atoms with van der Waals surface area (Å²) in [7, 11) is 0. The first kappa shape index (κ1) is 21.8. The van der Waals surface area contributed by atoms with Crippen LogP contribution in [0.25, 0.3) is 11.0 Å². The number of piperazine rings is 1. The zero-order valence-electron chi connectivity index (χ0n) is 19.0. The van der Waals surface area contributed by atoms with E-state index in [4.69, 9.17) is 9.47 Å². The number of ether oxygens (including phenoxy) is 2. The van der Waals surface area contributed by atoms with Gasteiger partial charge in [0.05, 0.1) is 30.4 Å². The maximum Gasteiger partial charge on any atom is 0.410 e. The molecule has 170 valence electrons. The van der Waals surface area contributed by atoms with Gasteiger partial charge in [0.2, 0.25) is 5.88 Å². The van der Waals surface area contributed by atoms with Gasteiger partial charge in [0, 0.05) is 32.2 Å². The monoisotopic (exact) mass is 439 g/mol. The number of rotatable bonds is 5. The minimum Gasteiger partial charge on any atom is -0.478 e. The molecule has 0 aromatic carbocycles. The van der Waals surface area contributed by atoms with E-state index < -0.39 is 5.60 Å². The Kier molecular flexibility index (Phi) is 6.11. The van der Waals surface area contributed by atoms with E-state index in [1.54, 1.807) is 17.4 Å². The summed E-state index contributed by atoms with van der Waals surface area (Å²) < 4.78 is 12.8. The number of carbonyl (C=O) groups is 1. The molecule has 0 radical (unpaired) electrons. The highest BCUT2D eigenvalue weighted by atomic mass is 16.6. The molecule has 10 nitrogen and oxygen atoms in total. The van der Waals surface area contributed by atoms with Crippen molar-refractivity contribution in [3.05, 3.63) is 36.4 Å². The van der Waals surface area contributed by atoms with Crippen LogP contribution in [0.4, 0.5) is 10.6 Å². The van der Waals surface area contributed by atoms with Gasteiger partial charge >= 0.3 is 6.09 Å². The van der Waals surface area contributed by atoms with Crippen molar-refractivity contribution in [3.8, 4) is 5.88 Å². The predicted molar refractivity (Wildman–Crippen MR) is 120 cm³/mol. The molecular weight excluding hydrogens is 410 g/mol. The Balaban J connectivity index is 1.48. The Morgan fingerprint density at radius 3 is 2.62 bits per heavy atom. The maximum absolute atomic E-state index is 12.3. The first-order valence-electron chi connectivity index (χ1n) is 10.8. The maximum atomic E-state index is 12.3. The summed E-state index contributed by atoms with van der Waals surface area (Å²) in [5.74, 6) is 1.42. The van der Waals surface area contributed by atoms with Crippen molar-refractivity contribution in [2.45, 2.75) is 39.8 Å². The van der Waals surface area contributed by atoms with Gasteiger partial charge < -0.3 is 19.3 Å². The average Bonchev–Trinajstić information content (AvgIpc) is 3.16. The Hall–Kier alpha value is -3.43. The molecule has 0 N–H and O–H groups in total. The minimum atomic E-state index is -0.501. The summed E-state index contributed by atoms with van der Waals surface area (Å²) in [5, 5.41) is 5.40. The fourth-order valence-corrected chi connectivity index (χ4v) is 3.60. The highest BCUT2D eigenvalue weighted by Gasteiger charge is 2.27. The Morgan fingerprint density at radius 2 is 1.91 bits per heavy atom. The number of hydrogen-bond donors (Lipinski definition) is 0. The van der Waals surface area contributed by atoms with Crippen LogP contribution in [-0.2, 0) is 11.3 Å². The number of nitrogens with zero attached hydrogens (tertiary/aromatic N) is 7. The van der Waals surface area contributed by atoms with E-state index in [1.165, 1.54) is 0 Å². The molecule has 0 atom stereocenters. The normalized spacial score (nSPS) is 14.6. The van der Waals surface area contributed by atoms with Crippen LogP contribution < -0.4 is 9.64 Å². The van der Waals surface area contributed by atoms with E-state index in [2.05, 4.69) is 25.0 Å². The van der Waals surface area contributed by atoms with Crippen molar-refractivity contribution in [2.75, 3.05) is 37.7 Å². The third-order valence-corrected chi connectivity index (χ3v) is 5.03. The zero-order chi connectivity index (χ0) is 22.7. The van der Waals surface area contributed by atoms with Crippen LogP contribution in [0.5, 0.6) is 5.88 Å². The molecule has 32 heavy (non-hydrogen) atoms. The van der Waals surface area contributed by atoms with Gasteiger partial charge in [0.25, 0.3) is 0 Å². The van der Waals surface area contributed by atoms with Gasteiger partial charge in [-0.3, -0.25) is 0 Å². The minimum absolute atomic E-state index is 0.278. The molecule has 1 amide bonds. The third-order valence-electron chi connectivity index (χ3n) is 5.03. The number of carbonyl (C=O) groups excluding carboxylic acids is 1. The van der Waals surface area contributed by atoms with Gasteiger partial charge in [-0.05, 0) is 33.8 Å². The molecule has 1 aliphatic heterocycles. The van der Waals surface area contributed by atoms with Gasteiger partial charge in [-0.2, -0.15) is 5.10 Å². The number of hydrogen-bond acceptors (Lipinski definition) is 8. The molecular formula is C22H29N7O3. The van der Waals surface area contributed by atoms with Crippen molar-refractivity contribution < 1.29 is 14.3 Å². The SMILES string of the molecule is CCOc1cccc(Cn2ncc3c(N4CCN(C(=O)OC(C)(C)C)CC4)ncnc32)n1. The predicted octanol–water partition coefficient (Wildman–Crippen LogP) is 2.73. The van der Waals surface area contributed by atoms with E-state index >= 15 is 0 Å². The quantitative estimate of drug-likeness (QED) is 0.598. The van der Waals surface area contributed by atoms with Crippen LogP contribution in [-0.4, -0.2) is 74.1 Å². The molecule has 3 aromatic heterocycles. The molecule has 0 unspecified atom stereocenters. The highest BCUT2D eigenvalue weighted by Crippen LogP contribution is 2.24. The van der Waals surface area contributed by atoms with E-state index in [0.29, 0.717) is 45.2 Å². The molecule has 4 heterocycles. The molecule has 0 aliphatic carbocycles. The van der Waals surface area contributed by atoms with Crippen LogP contribution in [0, 0.1) is 0 Å². The molecule has 0 saturated carbocycles. The Morgan fingerprint density at radius 1 is 1.12 bits per heavy atom. The van der Waals surface area contributed by atoms with Gasteiger partial charge in [0.15, 0.2) is 5.65 Å². The molecule has 4 rings (SSSR count). The lowest BCUT2D eigenvalue weighted by Gasteiger charge is -2.36. The lowest BCUT2D eigenvalue weighted by molar-refractivity contribution is 0.0240. The van der Waals surface area contributed by atoms with E-state index in [9.17, 15) is 4.79 Å². The van der Waals surface area contributed by atoms with Crippen molar-refractivity contribution in [1.82, 2.24) is 29.6 Å². The van der Waals surface area contributed by atoms with E-state index in [-0.39, 0.29) is 6.09 Å². The van der Waals surface area contributed by atoms with E-state index in [0.717, 1.165) is 22.5 Å². The second-order valence-electron chi connectivity index (χ2n) is 8.59. The Labute approximate surface area is 187 Å². The number of amides is 1. The third kappa shape index (κ3) is 4.90. The summed E-state index contributed by atoms with van der Waals surface area (Å²) >= 11 is 0. The van der Waals surface area contributed by atoms with Crippen LogP contribution in [0.15, 0.2) is 30.7 Å². The van der Waals surface area contributed by atoms with Gasteiger partial charge in [-0.15, -0.1) is 0 Å². The van der Waals surface area contributed by atoms with Crippen LogP contribution in [0.3, 0.4) is 0 Å². The smallest absolute Gasteiger partial charge is 0.410 e. The number of aromatic nitrogens is 5. The number of anilines is 1. The standard InChI is InChI=1S/C22H29N7O3/c1-5-31-18-8-6-7-16(26-18)14-29-20-17(13-25-29)19(23-15-24-20)27-9-11-28(12-10-27)21(30)32-22(2,3)4/h6-8,13,15H,5,9-12,14H2,1-4H3. The van der Waals surface area contributed by atoms with E-state index in [1.807, 2.05) is 50.6 Å². The lowest BCUT2D eigenvalue weighted by Crippen LogP contribution is -2.50. The first-order valence-corrected chi connectivity index (χ1v) is 10.8. The topological polar surface area (TPSA) is 98.5 Å². The second-order valence-corrected chi connectivity index (χ2v) is 8.59. The molecule has 0 spiro atoms. The van der Waals surface area contributed by atoms with Crippen molar-refractivity contribution in [1.29, 1.82) is 0 Å². The van der Waals surface area contributed by atoms with Crippen LogP contribution in [0.1, 0.15) is 33.4 Å². The highest BCUT2D eigenvalue weighted by molar-refractivity contribution is 5.86. The number of fused-ring (bicyclic) bond motifs is 1. The molecule has 1 aliphatic rings. The molecule has 1 fully saturated rings. The van der Waals surface area contributed by atoms with Gasteiger partial charge in [-0.1, -0.05) is 6.07 Å². The largest absolute Gasteiger partial charge is 0.478 e. The fourth-order valence-electron chi connectivity index (χ4n) is 3.60. The molecule has 3 aromatic rings. The van der Waals surface area contributed by atoms with Crippen LogP contribution >= 0.6 is 0 Å². The summed E-state index contributed by atoms with van der Waals surface area (Å²) in [5.41, 5.74) is 1.08. The first-order chi connectivity index (χ1) is 15.3. The fraction of sp³-hybridized carbons (Fsp3) is 0.500. The average molecular weight is 440 g/mol. The van der Waals surface area contributed by atoms with Crippen molar-refractivity contribution >= 4 is 22.9 Å². The van der Waals surface area contributed by atoms with Gasteiger partial charge in [0.1, 0.15) is 17.7 Å². The summed E-state index contributed by atoms with van der Waals surface area (Å²) in [4.78, 5) is 29.7. The second kappa shape index (κ2) is 8.97. The lowest BCUT2D eigenvalue weighted by atomic mass is 10.2. The Bertz CT molecular complexity index is 1080. The summed E-state index contributed by atoms with van der Waals surface area (Å²) in [6.45, 7) is 11.1. The van der Waals surface area contributed by atoms with Crippen molar-refractivity contribution in [2.24, 2.45) is 0 Å². The molecule has 10 heteroatoms. The van der Waals surface area contributed by atoms with Gasteiger partial charge in [-0.25, -0.2) is 24.4 Å². The van der Waals surface area contributed by atoms with Crippen molar-refractivity contribution in [3.63, 3.8) is 0 Å². The van der Waals surface area contributed by atoms with Crippen LogP contribution in [0.2, 0.25) is 0 Å². The summed E-state index contributed by atoms with van der Waals surface area (Å²) in [6, 6.07) is 5.70. The molecule has 0 bridgehead atoms.